The second-order valence-electron chi connectivity index (χ2n) is 4.35. The molecule has 0 amide bonds. The van der Waals surface area contributed by atoms with Crippen LogP contribution in [0.1, 0.15) is 24.1 Å². The predicted molar refractivity (Wildman–Crippen MR) is 77.5 cm³/mol. The summed E-state index contributed by atoms with van der Waals surface area (Å²) in [5.74, 6) is 0.164. The SMILES string of the molecule is C[C@@H](N)c1ccc(F)cc1OCc1ccccc1Br. The van der Waals surface area contributed by atoms with Crippen LogP contribution in [0.25, 0.3) is 0 Å². The fourth-order valence-electron chi connectivity index (χ4n) is 1.78. The Morgan fingerprint density at radius 2 is 2.00 bits per heavy atom. The first-order valence-corrected chi connectivity index (χ1v) is 6.78. The van der Waals surface area contributed by atoms with Gasteiger partial charge in [0.25, 0.3) is 0 Å². The van der Waals surface area contributed by atoms with Gasteiger partial charge in [0.2, 0.25) is 0 Å². The van der Waals surface area contributed by atoms with E-state index in [0.717, 1.165) is 15.6 Å². The zero-order chi connectivity index (χ0) is 13.8. The molecule has 0 unspecified atom stereocenters. The van der Waals surface area contributed by atoms with Crippen molar-refractivity contribution >= 4 is 15.9 Å². The Hall–Kier alpha value is -1.39. The highest BCUT2D eigenvalue weighted by Crippen LogP contribution is 2.26. The lowest BCUT2D eigenvalue weighted by atomic mass is 10.1. The van der Waals surface area contributed by atoms with Gasteiger partial charge in [-0.05, 0) is 19.1 Å². The quantitative estimate of drug-likeness (QED) is 0.915. The summed E-state index contributed by atoms with van der Waals surface area (Å²) in [7, 11) is 0. The molecule has 2 aromatic rings. The molecule has 0 heterocycles. The van der Waals surface area contributed by atoms with Crippen LogP contribution < -0.4 is 10.5 Å². The second kappa shape index (κ2) is 6.17. The Balaban J connectivity index is 2.19. The fourth-order valence-corrected chi connectivity index (χ4v) is 2.18. The lowest BCUT2D eigenvalue weighted by Gasteiger charge is -2.14. The van der Waals surface area contributed by atoms with Crippen molar-refractivity contribution in [2.45, 2.75) is 19.6 Å². The number of hydrogen-bond donors (Lipinski definition) is 1. The Kier molecular flexibility index (Phi) is 4.56. The van der Waals surface area contributed by atoms with Gasteiger partial charge < -0.3 is 10.5 Å². The van der Waals surface area contributed by atoms with Crippen LogP contribution in [0.15, 0.2) is 46.9 Å². The predicted octanol–water partition coefficient (Wildman–Crippen LogP) is 4.19. The van der Waals surface area contributed by atoms with Gasteiger partial charge in [0.1, 0.15) is 18.2 Å². The summed E-state index contributed by atoms with van der Waals surface area (Å²) in [6.07, 6.45) is 0. The maximum atomic E-state index is 13.3. The molecule has 0 saturated carbocycles. The Morgan fingerprint density at radius 3 is 2.68 bits per heavy atom. The van der Waals surface area contributed by atoms with E-state index in [1.807, 2.05) is 31.2 Å². The van der Waals surface area contributed by atoms with E-state index in [9.17, 15) is 4.39 Å². The second-order valence-corrected chi connectivity index (χ2v) is 5.21. The first kappa shape index (κ1) is 14.0. The number of halogens is 2. The highest BCUT2D eigenvalue weighted by atomic mass is 79.9. The number of ether oxygens (including phenoxy) is 1. The molecule has 2 nitrogen and oxygen atoms in total. The van der Waals surface area contributed by atoms with E-state index in [0.29, 0.717) is 12.4 Å². The van der Waals surface area contributed by atoms with Crippen LogP contribution in [0.2, 0.25) is 0 Å². The normalized spacial score (nSPS) is 12.2. The minimum absolute atomic E-state index is 0.199. The molecule has 19 heavy (non-hydrogen) atoms. The van der Waals surface area contributed by atoms with Crippen molar-refractivity contribution in [2.24, 2.45) is 5.73 Å². The van der Waals surface area contributed by atoms with E-state index in [1.54, 1.807) is 6.07 Å². The number of benzene rings is 2. The molecule has 1 atom stereocenters. The zero-order valence-corrected chi connectivity index (χ0v) is 12.2. The minimum Gasteiger partial charge on any atom is -0.488 e. The number of rotatable bonds is 4. The van der Waals surface area contributed by atoms with Crippen molar-refractivity contribution in [3.05, 3.63) is 63.9 Å². The van der Waals surface area contributed by atoms with E-state index in [-0.39, 0.29) is 11.9 Å². The summed E-state index contributed by atoms with van der Waals surface area (Å²) >= 11 is 3.45. The maximum Gasteiger partial charge on any atom is 0.127 e. The molecule has 0 radical (unpaired) electrons. The molecule has 2 aromatic carbocycles. The van der Waals surface area contributed by atoms with E-state index in [1.165, 1.54) is 12.1 Å². The number of nitrogens with two attached hydrogens (primary N) is 1. The third-order valence-electron chi connectivity index (χ3n) is 2.81. The lowest BCUT2D eigenvalue weighted by molar-refractivity contribution is 0.299. The highest BCUT2D eigenvalue weighted by Gasteiger charge is 2.10. The van der Waals surface area contributed by atoms with Gasteiger partial charge in [-0.2, -0.15) is 0 Å². The monoisotopic (exact) mass is 323 g/mol. The van der Waals surface area contributed by atoms with Crippen molar-refractivity contribution < 1.29 is 9.13 Å². The molecular formula is C15H15BrFNO. The summed E-state index contributed by atoms with van der Waals surface area (Å²) in [5, 5.41) is 0. The van der Waals surface area contributed by atoms with Crippen molar-refractivity contribution in [1.82, 2.24) is 0 Å². The number of hydrogen-bond acceptors (Lipinski definition) is 2. The van der Waals surface area contributed by atoms with Crippen LogP contribution in [-0.4, -0.2) is 0 Å². The maximum absolute atomic E-state index is 13.3. The molecule has 2 rings (SSSR count). The molecule has 0 aromatic heterocycles. The Morgan fingerprint density at radius 1 is 1.26 bits per heavy atom. The summed E-state index contributed by atoms with van der Waals surface area (Å²) in [6, 6.07) is 12.0. The molecule has 0 aliphatic heterocycles. The molecule has 4 heteroatoms. The van der Waals surface area contributed by atoms with Gasteiger partial charge in [0, 0.05) is 27.7 Å². The summed E-state index contributed by atoms with van der Waals surface area (Å²) in [4.78, 5) is 0. The van der Waals surface area contributed by atoms with E-state index >= 15 is 0 Å². The van der Waals surface area contributed by atoms with Crippen LogP contribution in [0, 0.1) is 5.82 Å². The summed E-state index contributed by atoms with van der Waals surface area (Å²) in [6.45, 7) is 2.21. The molecule has 2 N–H and O–H groups in total. The van der Waals surface area contributed by atoms with E-state index in [4.69, 9.17) is 10.5 Å². The van der Waals surface area contributed by atoms with Crippen LogP contribution >= 0.6 is 15.9 Å². The fraction of sp³-hybridized carbons (Fsp3) is 0.200. The van der Waals surface area contributed by atoms with Crippen LogP contribution in [0.3, 0.4) is 0 Å². The van der Waals surface area contributed by atoms with Gasteiger partial charge in [-0.25, -0.2) is 4.39 Å². The Labute approximate surface area is 120 Å². The molecular weight excluding hydrogens is 309 g/mol. The van der Waals surface area contributed by atoms with Gasteiger partial charge in [-0.3, -0.25) is 0 Å². The van der Waals surface area contributed by atoms with Crippen molar-refractivity contribution in [1.29, 1.82) is 0 Å². The zero-order valence-electron chi connectivity index (χ0n) is 10.6. The van der Waals surface area contributed by atoms with Gasteiger partial charge in [0.15, 0.2) is 0 Å². The van der Waals surface area contributed by atoms with Crippen LogP contribution in [0.4, 0.5) is 4.39 Å². The van der Waals surface area contributed by atoms with Crippen LogP contribution in [0.5, 0.6) is 5.75 Å². The first-order valence-electron chi connectivity index (χ1n) is 5.99. The molecule has 0 fully saturated rings. The van der Waals surface area contributed by atoms with Gasteiger partial charge in [0.05, 0.1) is 0 Å². The van der Waals surface area contributed by atoms with Crippen molar-refractivity contribution in [3.8, 4) is 5.75 Å². The average Bonchev–Trinajstić information content (AvgIpc) is 2.37. The minimum atomic E-state index is -0.327. The molecule has 0 aliphatic carbocycles. The first-order chi connectivity index (χ1) is 9.08. The molecule has 0 spiro atoms. The largest absolute Gasteiger partial charge is 0.488 e. The van der Waals surface area contributed by atoms with E-state index in [2.05, 4.69) is 15.9 Å². The third-order valence-corrected chi connectivity index (χ3v) is 3.58. The molecule has 0 bridgehead atoms. The molecule has 0 aliphatic rings. The lowest BCUT2D eigenvalue weighted by Crippen LogP contribution is -2.08. The van der Waals surface area contributed by atoms with Crippen LogP contribution in [-0.2, 0) is 6.61 Å². The molecule has 100 valence electrons. The average molecular weight is 324 g/mol. The van der Waals surface area contributed by atoms with Gasteiger partial charge in [-0.15, -0.1) is 0 Å². The standard InChI is InChI=1S/C15H15BrFNO/c1-10(18)13-7-6-12(17)8-15(13)19-9-11-4-2-3-5-14(11)16/h2-8,10H,9,18H2,1H3/t10-/m1/s1. The smallest absolute Gasteiger partial charge is 0.127 e. The van der Waals surface area contributed by atoms with Gasteiger partial charge >= 0.3 is 0 Å². The summed E-state index contributed by atoms with van der Waals surface area (Å²) in [5.41, 5.74) is 7.65. The van der Waals surface area contributed by atoms with Gasteiger partial charge in [-0.1, -0.05) is 40.2 Å². The molecule has 0 saturated heterocycles. The van der Waals surface area contributed by atoms with Crippen molar-refractivity contribution in [2.75, 3.05) is 0 Å². The summed E-state index contributed by atoms with van der Waals surface area (Å²) < 4.78 is 19.9. The van der Waals surface area contributed by atoms with Crippen molar-refractivity contribution in [3.63, 3.8) is 0 Å². The topological polar surface area (TPSA) is 35.2 Å². The highest BCUT2D eigenvalue weighted by molar-refractivity contribution is 9.10. The Bertz CT molecular complexity index is 572. The third kappa shape index (κ3) is 3.55. The van der Waals surface area contributed by atoms with E-state index < -0.39 is 0 Å².